The number of benzene rings is 3. The summed E-state index contributed by atoms with van der Waals surface area (Å²) in [6, 6.07) is 15.5. The van der Waals surface area contributed by atoms with Crippen molar-refractivity contribution in [2.45, 2.75) is 23.1 Å². The highest BCUT2D eigenvalue weighted by molar-refractivity contribution is 8.00. The van der Waals surface area contributed by atoms with E-state index in [1.54, 1.807) is 54.6 Å². The van der Waals surface area contributed by atoms with Crippen molar-refractivity contribution in [3.05, 3.63) is 94.3 Å². The Bertz CT molecular complexity index is 1660. The van der Waals surface area contributed by atoms with Crippen LogP contribution < -0.4 is 19.1 Å². The van der Waals surface area contributed by atoms with Gasteiger partial charge in [-0.3, -0.25) is 14.5 Å². The highest BCUT2D eigenvalue weighted by Gasteiger charge is 2.49. The summed E-state index contributed by atoms with van der Waals surface area (Å²) in [7, 11) is 4.37. The number of hydrogen-bond acceptors (Lipinski definition) is 10. The molecule has 4 aromatic rings. The van der Waals surface area contributed by atoms with E-state index in [0.29, 0.717) is 44.0 Å². The van der Waals surface area contributed by atoms with Crippen molar-refractivity contribution in [2.75, 3.05) is 26.2 Å². The third-order valence-corrected chi connectivity index (χ3v) is 8.79. The summed E-state index contributed by atoms with van der Waals surface area (Å²) in [4.78, 5) is 28.3. The fraction of sp³-hybridized carbons (Fsp3) is 0.200. The number of aliphatic hydroxyl groups is 1. The predicted octanol–water partition coefficient (Wildman–Crippen LogP) is 5.93. The number of methoxy groups -OCH3 is 3. The third-order valence-electron chi connectivity index (χ3n) is 6.68. The number of aliphatic hydroxyl groups excluding tert-OH is 1. The van der Waals surface area contributed by atoms with E-state index in [0.717, 1.165) is 16.9 Å². The first-order valence-corrected chi connectivity index (χ1v) is 14.4. The van der Waals surface area contributed by atoms with Gasteiger partial charge < -0.3 is 19.3 Å². The van der Waals surface area contributed by atoms with Crippen molar-refractivity contribution in [1.29, 1.82) is 0 Å². The number of hydrogen-bond donors (Lipinski definition) is 1. The minimum Gasteiger partial charge on any atom is -0.507 e. The van der Waals surface area contributed by atoms with E-state index >= 15 is 0 Å². The number of ether oxygens (including phenoxy) is 3. The monoisotopic (exact) mass is 607 g/mol. The van der Waals surface area contributed by atoms with Crippen LogP contribution in [0.2, 0.25) is 0 Å². The third kappa shape index (κ3) is 5.42. The lowest BCUT2D eigenvalue weighted by atomic mass is 9.94. The zero-order valence-corrected chi connectivity index (χ0v) is 24.7. The molecular weight excluding hydrogens is 581 g/mol. The number of aryl methyl sites for hydroxylation is 1. The maximum Gasteiger partial charge on any atom is 0.301 e. The molecule has 0 bridgehead atoms. The molecule has 1 amide bonds. The minimum atomic E-state index is -1.10. The number of ketones is 1. The van der Waals surface area contributed by atoms with Crippen molar-refractivity contribution in [3.8, 4) is 17.2 Å². The standard InChI is InChI=1S/C30H26FN3O6S2/c1-16-9-11-17(12-10-16)25(35)23-24(19-13-21(38-2)27(40-4)22(14-19)39-3)34(28(37)26(23)36)29-32-33-30(42-29)41-15-18-7-5-6-8-20(18)31/h5-14,24,35H,15H2,1-4H3/b25-23-. The molecule has 1 atom stereocenters. The molecule has 0 aliphatic carbocycles. The molecule has 0 spiro atoms. The van der Waals surface area contributed by atoms with Crippen LogP contribution >= 0.6 is 23.1 Å². The van der Waals surface area contributed by atoms with Crippen LogP contribution in [0, 0.1) is 12.7 Å². The Labute approximate surface area is 249 Å². The van der Waals surface area contributed by atoms with Gasteiger partial charge in [-0.2, -0.15) is 0 Å². The van der Waals surface area contributed by atoms with Crippen LogP contribution in [0.1, 0.15) is 28.3 Å². The van der Waals surface area contributed by atoms with Crippen LogP contribution in [0.25, 0.3) is 5.76 Å². The lowest BCUT2D eigenvalue weighted by Gasteiger charge is -2.24. The normalized spacial score (nSPS) is 16.1. The zero-order chi connectivity index (χ0) is 30.0. The van der Waals surface area contributed by atoms with E-state index in [-0.39, 0.29) is 22.3 Å². The van der Waals surface area contributed by atoms with Crippen LogP contribution in [-0.2, 0) is 15.3 Å². The van der Waals surface area contributed by atoms with E-state index in [1.807, 2.05) is 6.92 Å². The van der Waals surface area contributed by atoms with Gasteiger partial charge in [0, 0.05) is 11.3 Å². The van der Waals surface area contributed by atoms with Crippen LogP contribution in [0.4, 0.5) is 9.52 Å². The first-order valence-electron chi connectivity index (χ1n) is 12.6. The van der Waals surface area contributed by atoms with Gasteiger partial charge in [0.25, 0.3) is 5.78 Å². The molecular formula is C30H26FN3O6S2. The van der Waals surface area contributed by atoms with Gasteiger partial charge in [0.2, 0.25) is 10.9 Å². The molecule has 1 aliphatic rings. The summed E-state index contributed by atoms with van der Waals surface area (Å²) >= 11 is 2.33. The lowest BCUT2D eigenvalue weighted by molar-refractivity contribution is -0.132. The Morgan fingerprint density at radius 3 is 2.29 bits per heavy atom. The van der Waals surface area contributed by atoms with Crippen LogP contribution in [0.3, 0.4) is 0 Å². The lowest BCUT2D eigenvalue weighted by Crippen LogP contribution is -2.29. The van der Waals surface area contributed by atoms with Crippen LogP contribution in [0.5, 0.6) is 17.2 Å². The smallest absolute Gasteiger partial charge is 0.301 e. The number of Topliss-reactive ketones (excluding diaryl/α,β-unsaturated/α-hetero) is 1. The number of anilines is 1. The maximum absolute atomic E-state index is 14.1. The Morgan fingerprint density at radius 1 is 1.00 bits per heavy atom. The Balaban J connectivity index is 1.62. The number of amides is 1. The van der Waals surface area contributed by atoms with E-state index in [9.17, 15) is 19.1 Å². The molecule has 42 heavy (non-hydrogen) atoms. The molecule has 2 heterocycles. The largest absolute Gasteiger partial charge is 0.507 e. The van der Waals surface area contributed by atoms with Gasteiger partial charge in [-0.15, -0.1) is 10.2 Å². The van der Waals surface area contributed by atoms with Gasteiger partial charge in [-0.25, -0.2) is 4.39 Å². The summed E-state index contributed by atoms with van der Waals surface area (Å²) in [5, 5.41) is 19.9. The quantitative estimate of drug-likeness (QED) is 0.0814. The number of carbonyl (C=O) groups is 2. The average molecular weight is 608 g/mol. The predicted molar refractivity (Wildman–Crippen MR) is 158 cm³/mol. The van der Waals surface area contributed by atoms with Gasteiger partial charge in [0.15, 0.2) is 15.8 Å². The molecule has 1 aromatic heterocycles. The molecule has 1 aliphatic heterocycles. The number of rotatable bonds is 9. The summed E-state index contributed by atoms with van der Waals surface area (Å²) < 4.78 is 31.1. The molecule has 1 N–H and O–H groups in total. The molecule has 1 unspecified atom stereocenters. The number of carbonyl (C=O) groups excluding carboxylic acids is 2. The van der Waals surface area contributed by atoms with Crippen LogP contribution in [-0.4, -0.2) is 48.3 Å². The van der Waals surface area contributed by atoms with Crippen molar-refractivity contribution in [1.82, 2.24) is 10.2 Å². The van der Waals surface area contributed by atoms with E-state index in [4.69, 9.17) is 14.2 Å². The number of thioether (sulfide) groups is 1. The Kier molecular flexibility index (Phi) is 8.46. The second-order valence-electron chi connectivity index (χ2n) is 9.22. The first kappa shape index (κ1) is 29.1. The van der Waals surface area contributed by atoms with Gasteiger partial charge >= 0.3 is 5.91 Å². The topological polar surface area (TPSA) is 111 Å². The number of aromatic nitrogens is 2. The molecule has 9 nitrogen and oxygen atoms in total. The molecule has 5 rings (SSSR count). The van der Waals surface area contributed by atoms with Gasteiger partial charge in [-0.1, -0.05) is 71.1 Å². The maximum atomic E-state index is 14.1. The molecule has 216 valence electrons. The highest BCUT2D eigenvalue weighted by Crippen LogP contribution is 2.48. The van der Waals surface area contributed by atoms with E-state index in [2.05, 4.69) is 10.2 Å². The summed E-state index contributed by atoms with van der Waals surface area (Å²) in [5.41, 5.74) is 2.11. The Hall–Kier alpha value is -4.42. The van der Waals surface area contributed by atoms with Gasteiger partial charge in [0.05, 0.1) is 32.9 Å². The van der Waals surface area contributed by atoms with Gasteiger partial charge in [0.1, 0.15) is 11.6 Å². The zero-order valence-electron chi connectivity index (χ0n) is 23.1. The fourth-order valence-corrected chi connectivity index (χ4v) is 6.44. The summed E-state index contributed by atoms with van der Waals surface area (Å²) in [6.45, 7) is 1.90. The number of nitrogens with zero attached hydrogens (tertiary/aromatic N) is 3. The van der Waals surface area contributed by atoms with Crippen molar-refractivity contribution in [2.24, 2.45) is 0 Å². The first-order chi connectivity index (χ1) is 20.3. The molecule has 1 fully saturated rings. The van der Waals surface area contributed by atoms with E-state index < -0.39 is 17.7 Å². The summed E-state index contributed by atoms with van der Waals surface area (Å²) in [5.74, 6) is -1.23. The second-order valence-corrected chi connectivity index (χ2v) is 11.4. The minimum absolute atomic E-state index is 0.131. The van der Waals surface area contributed by atoms with Crippen molar-refractivity contribution >= 4 is 45.7 Å². The molecule has 0 saturated carbocycles. The number of halogens is 1. The second kappa shape index (κ2) is 12.2. The van der Waals surface area contributed by atoms with Gasteiger partial charge in [-0.05, 0) is 36.2 Å². The van der Waals surface area contributed by atoms with Crippen molar-refractivity contribution < 1.29 is 33.3 Å². The highest BCUT2D eigenvalue weighted by atomic mass is 32.2. The van der Waals surface area contributed by atoms with Crippen molar-refractivity contribution in [3.63, 3.8) is 0 Å². The molecule has 12 heteroatoms. The van der Waals surface area contributed by atoms with E-state index in [1.165, 1.54) is 44.1 Å². The fourth-order valence-electron chi connectivity index (χ4n) is 4.58. The Morgan fingerprint density at radius 2 is 1.67 bits per heavy atom. The summed E-state index contributed by atoms with van der Waals surface area (Å²) in [6.07, 6.45) is 0. The average Bonchev–Trinajstić information content (AvgIpc) is 3.57. The molecule has 3 aromatic carbocycles. The molecule has 1 saturated heterocycles. The SMILES string of the molecule is COc1cc(C2/C(=C(/O)c3ccc(C)cc3)C(=O)C(=O)N2c2nnc(SCc3ccccc3F)s2)cc(OC)c1OC. The molecule has 0 radical (unpaired) electrons. The van der Waals surface area contributed by atoms with Crippen LogP contribution in [0.15, 0.2) is 70.6 Å².